The first kappa shape index (κ1) is 23.3. The standard InChI is InChI=1S/C25H20F3NO5/c1-12(2)33-21-15-6-4-5-7-16(15)22(34-25(27)28)20-19(21)23(31)29(24(20)32)18-9-8-14(10-13(3)30)11-17(18)26/h4-9,11-12,25H,10H2,1-3H3. The first-order valence-electron chi connectivity index (χ1n) is 10.5. The molecule has 3 aromatic carbocycles. The molecular weight excluding hydrogens is 451 g/mol. The highest BCUT2D eigenvalue weighted by Gasteiger charge is 2.45. The fourth-order valence-corrected chi connectivity index (χ4v) is 4.02. The molecule has 0 aromatic heterocycles. The van der Waals surface area contributed by atoms with Gasteiger partial charge in [-0.3, -0.25) is 14.4 Å². The number of ketones is 1. The van der Waals surface area contributed by atoms with Gasteiger partial charge in [-0.1, -0.05) is 30.3 Å². The van der Waals surface area contributed by atoms with Gasteiger partial charge in [-0.25, -0.2) is 9.29 Å². The van der Waals surface area contributed by atoms with E-state index in [0.29, 0.717) is 15.8 Å². The molecule has 0 unspecified atom stereocenters. The van der Waals surface area contributed by atoms with Crippen LogP contribution in [0.15, 0.2) is 42.5 Å². The first-order valence-corrected chi connectivity index (χ1v) is 10.5. The number of carbonyl (C=O) groups excluding carboxylic acids is 3. The average molecular weight is 471 g/mol. The molecule has 34 heavy (non-hydrogen) atoms. The number of imide groups is 1. The van der Waals surface area contributed by atoms with E-state index >= 15 is 0 Å². The third-order valence-corrected chi connectivity index (χ3v) is 5.22. The molecule has 6 nitrogen and oxygen atoms in total. The largest absolute Gasteiger partial charge is 0.489 e. The number of amides is 2. The van der Waals surface area contributed by atoms with Crippen LogP contribution < -0.4 is 14.4 Å². The molecule has 0 saturated carbocycles. The van der Waals surface area contributed by atoms with Crippen LogP contribution in [0.2, 0.25) is 0 Å². The quantitative estimate of drug-likeness (QED) is 0.438. The molecule has 0 spiro atoms. The fourth-order valence-electron chi connectivity index (χ4n) is 4.02. The lowest BCUT2D eigenvalue weighted by atomic mass is 9.99. The zero-order valence-electron chi connectivity index (χ0n) is 18.5. The van der Waals surface area contributed by atoms with E-state index in [4.69, 9.17) is 9.47 Å². The van der Waals surface area contributed by atoms with Crippen LogP contribution >= 0.6 is 0 Å². The minimum Gasteiger partial charge on any atom is -0.489 e. The third-order valence-electron chi connectivity index (χ3n) is 5.22. The Morgan fingerprint density at radius 3 is 1.97 bits per heavy atom. The first-order chi connectivity index (χ1) is 16.1. The molecule has 4 rings (SSSR count). The van der Waals surface area contributed by atoms with Crippen molar-refractivity contribution in [3.05, 3.63) is 65.0 Å². The van der Waals surface area contributed by atoms with Gasteiger partial charge in [0.05, 0.1) is 22.9 Å². The number of hydrogen-bond acceptors (Lipinski definition) is 5. The van der Waals surface area contributed by atoms with Gasteiger partial charge in [-0.15, -0.1) is 0 Å². The number of Topliss-reactive ketones (excluding diaryl/α,β-unsaturated/α-hetero) is 1. The topological polar surface area (TPSA) is 72.9 Å². The summed E-state index contributed by atoms with van der Waals surface area (Å²) in [4.78, 5) is 38.8. The summed E-state index contributed by atoms with van der Waals surface area (Å²) in [7, 11) is 0. The van der Waals surface area contributed by atoms with E-state index in [1.165, 1.54) is 25.1 Å². The number of ether oxygens (including phenoxy) is 2. The second-order valence-corrected chi connectivity index (χ2v) is 8.11. The summed E-state index contributed by atoms with van der Waals surface area (Å²) in [6.45, 7) is 1.49. The van der Waals surface area contributed by atoms with Gasteiger partial charge in [-0.05, 0) is 38.5 Å². The Bertz CT molecular complexity index is 1270. The van der Waals surface area contributed by atoms with Crippen LogP contribution in [0.1, 0.15) is 47.1 Å². The fraction of sp³-hybridized carbons (Fsp3) is 0.240. The monoisotopic (exact) mass is 471 g/mol. The van der Waals surface area contributed by atoms with Crippen LogP contribution in [0.5, 0.6) is 11.5 Å². The van der Waals surface area contributed by atoms with Crippen LogP contribution in [0.3, 0.4) is 0 Å². The van der Waals surface area contributed by atoms with Crippen LogP contribution in [-0.4, -0.2) is 30.3 Å². The highest BCUT2D eigenvalue weighted by atomic mass is 19.3. The van der Waals surface area contributed by atoms with E-state index in [1.807, 2.05) is 0 Å². The van der Waals surface area contributed by atoms with Gasteiger partial charge in [-0.2, -0.15) is 8.78 Å². The van der Waals surface area contributed by atoms with Gasteiger partial charge < -0.3 is 9.47 Å². The van der Waals surface area contributed by atoms with Crippen molar-refractivity contribution >= 4 is 34.1 Å². The third kappa shape index (κ3) is 3.98. The normalized spacial score (nSPS) is 13.2. The van der Waals surface area contributed by atoms with Crippen molar-refractivity contribution < 1.29 is 37.0 Å². The van der Waals surface area contributed by atoms with Crippen LogP contribution in [0.4, 0.5) is 18.9 Å². The molecule has 0 fully saturated rings. The lowest BCUT2D eigenvalue weighted by Gasteiger charge is -2.18. The van der Waals surface area contributed by atoms with E-state index in [-0.39, 0.29) is 34.6 Å². The lowest BCUT2D eigenvalue weighted by Crippen LogP contribution is -2.30. The zero-order valence-corrected chi connectivity index (χ0v) is 18.5. The molecule has 176 valence electrons. The molecular formula is C25H20F3NO5. The van der Waals surface area contributed by atoms with Crippen LogP contribution in [0, 0.1) is 5.82 Å². The molecule has 0 saturated heterocycles. The van der Waals surface area contributed by atoms with Crippen molar-refractivity contribution in [3.8, 4) is 11.5 Å². The number of alkyl halides is 2. The van der Waals surface area contributed by atoms with Crippen molar-refractivity contribution in [1.29, 1.82) is 0 Å². The van der Waals surface area contributed by atoms with Crippen molar-refractivity contribution in [1.82, 2.24) is 0 Å². The maximum absolute atomic E-state index is 15.0. The maximum Gasteiger partial charge on any atom is 0.387 e. The molecule has 1 aliphatic rings. The van der Waals surface area contributed by atoms with Gasteiger partial charge in [0.15, 0.2) is 0 Å². The summed E-state index contributed by atoms with van der Waals surface area (Å²) in [5, 5.41) is 0.448. The molecule has 0 atom stereocenters. The second kappa shape index (κ2) is 8.81. The summed E-state index contributed by atoms with van der Waals surface area (Å²) in [6.07, 6.45) is -0.447. The molecule has 2 amide bonds. The minimum absolute atomic E-state index is 0.0243. The molecule has 9 heteroatoms. The number of nitrogens with zero attached hydrogens (tertiary/aromatic N) is 1. The SMILES string of the molecule is CC(=O)Cc1ccc(N2C(=O)c3c(c(OC(F)F)c4ccccc4c3OC(C)C)C2=O)c(F)c1. The number of rotatable bonds is 7. The van der Waals surface area contributed by atoms with E-state index in [1.54, 1.807) is 32.0 Å². The van der Waals surface area contributed by atoms with Gasteiger partial charge in [0.2, 0.25) is 0 Å². The summed E-state index contributed by atoms with van der Waals surface area (Å²) in [5.41, 5.74) is -0.713. The average Bonchev–Trinajstić information content (AvgIpc) is 3.00. The molecule has 0 N–H and O–H groups in total. The number of carbonyl (C=O) groups is 3. The van der Waals surface area contributed by atoms with E-state index < -0.39 is 41.7 Å². The van der Waals surface area contributed by atoms with Crippen molar-refractivity contribution in [2.45, 2.75) is 39.9 Å². The number of fused-ring (bicyclic) bond motifs is 2. The number of hydrogen-bond donors (Lipinski definition) is 0. The Hall–Kier alpha value is -3.88. The van der Waals surface area contributed by atoms with E-state index in [0.717, 1.165) is 6.07 Å². The minimum atomic E-state index is -3.27. The summed E-state index contributed by atoms with van der Waals surface area (Å²) in [6, 6.07) is 9.90. The molecule has 1 heterocycles. The van der Waals surface area contributed by atoms with Crippen LogP contribution in [-0.2, 0) is 11.2 Å². The predicted octanol–water partition coefficient (Wildman–Crippen LogP) is 5.30. The highest BCUT2D eigenvalue weighted by molar-refractivity contribution is 6.38. The zero-order chi connectivity index (χ0) is 24.7. The Morgan fingerprint density at radius 1 is 0.941 bits per heavy atom. The summed E-state index contributed by atoms with van der Waals surface area (Å²) >= 11 is 0. The van der Waals surface area contributed by atoms with Gasteiger partial charge in [0.1, 0.15) is 23.1 Å². The van der Waals surface area contributed by atoms with E-state index in [2.05, 4.69) is 0 Å². The van der Waals surface area contributed by atoms with Crippen LogP contribution in [0.25, 0.3) is 10.8 Å². The summed E-state index contributed by atoms with van der Waals surface area (Å²) < 4.78 is 52.2. The Kier molecular flexibility index (Phi) is 6.03. The number of halogens is 3. The molecule has 3 aromatic rings. The number of anilines is 1. The van der Waals surface area contributed by atoms with Crippen molar-refractivity contribution in [3.63, 3.8) is 0 Å². The van der Waals surface area contributed by atoms with Crippen molar-refractivity contribution in [2.75, 3.05) is 4.90 Å². The second-order valence-electron chi connectivity index (χ2n) is 8.11. The van der Waals surface area contributed by atoms with E-state index in [9.17, 15) is 27.6 Å². The molecule has 0 bridgehead atoms. The highest BCUT2D eigenvalue weighted by Crippen LogP contribution is 2.47. The Morgan fingerprint density at radius 2 is 1.50 bits per heavy atom. The predicted molar refractivity (Wildman–Crippen MR) is 118 cm³/mol. The Balaban J connectivity index is 1.96. The lowest BCUT2D eigenvalue weighted by molar-refractivity contribution is -0.116. The Labute approximate surface area is 192 Å². The number of benzene rings is 3. The molecule has 1 aliphatic heterocycles. The smallest absolute Gasteiger partial charge is 0.387 e. The molecule has 0 radical (unpaired) electrons. The maximum atomic E-state index is 15.0. The van der Waals surface area contributed by atoms with Gasteiger partial charge >= 0.3 is 6.61 Å². The molecule has 0 aliphatic carbocycles. The van der Waals surface area contributed by atoms with Gasteiger partial charge in [0, 0.05) is 17.2 Å². The van der Waals surface area contributed by atoms with Gasteiger partial charge in [0.25, 0.3) is 11.8 Å². The summed E-state index contributed by atoms with van der Waals surface area (Å²) in [5.74, 6) is -3.51. The van der Waals surface area contributed by atoms with Crippen molar-refractivity contribution in [2.24, 2.45) is 0 Å².